The maximum Gasteiger partial charge on any atom is 0.286 e. The number of rotatable bonds is 14. The van der Waals surface area contributed by atoms with Crippen molar-refractivity contribution < 1.29 is 34.1 Å². The molecule has 2 fully saturated rings. The number of halogens is 2. The molecule has 0 spiro atoms. The molecule has 2 aliphatic heterocycles. The van der Waals surface area contributed by atoms with Gasteiger partial charge in [0, 0.05) is 26.5 Å². The summed E-state index contributed by atoms with van der Waals surface area (Å²) >= 11 is 2.09. The molecule has 13 nitrogen and oxygen atoms in total. The van der Waals surface area contributed by atoms with E-state index in [2.05, 4.69) is 20.6 Å². The van der Waals surface area contributed by atoms with Crippen molar-refractivity contribution >= 4 is 82.3 Å². The van der Waals surface area contributed by atoms with Crippen LogP contribution in [0.3, 0.4) is 0 Å². The molecule has 17 heteroatoms. The number of pyridine rings is 2. The lowest BCUT2D eigenvalue weighted by Crippen LogP contribution is -2.25. The number of benzene rings is 2. The SMILES string of the molecule is CN(CCOc1ccc(CC2SC(=O)NC2=O)cc1)c1ccccn1.CN(CCOc1ccc(CC2SC(=O)NC2=O)cc1)c1ccccn1.Cl.Cl.O. The van der Waals surface area contributed by atoms with Gasteiger partial charge in [-0.05, 0) is 72.5 Å². The first kappa shape index (κ1) is 44.6. The van der Waals surface area contributed by atoms with Crippen molar-refractivity contribution in [3.05, 3.63) is 108 Å². The lowest BCUT2D eigenvalue weighted by atomic mass is 10.1. The molecule has 4 N–H and O–H groups in total. The molecule has 0 aliphatic carbocycles. The fraction of sp³-hybridized carbons (Fsp3) is 0.278. The lowest BCUT2D eigenvalue weighted by molar-refractivity contribution is -0.119. The minimum absolute atomic E-state index is 0. The largest absolute Gasteiger partial charge is 0.492 e. The molecule has 2 aliphatic rings. The summed E-state index contributed by atoms with van der Waals surface area (Å²) in [5, 5.41) is 3.38. The average Bonchev–Trinajstić information content (AvgIpc) is 3.63. The average molecular weight is 806 g/mol. The van der Waals surface area contributed by atoms with Crippen LogP contribution in [0.4, 0.5) is 21.2 Å². The number of thioether (sulfide) groups is 2. The highest BCUT2D eigenvalue weighted by Crippen LogP contribution is 2.25. The summed E-state index contributed by atoms with van der Waals surface area (Å²) in [5.74, 6) is 2.93. The molecule has 4 amide bonds. The Morgan fingerprint density at radius 3 is 1.28 bits per heavy atom. The van der Waals surface area contributed by atoms with Gasteiger partial charge in [-0.2, -0.15) is 0 Å². The zero-order valence-corrected chi connectivity index (χ0v) is 32.3. The third-order valence-corrected chi connectivity index (χ3v) is 9.66. The molecule has 2 saturated heterocycles. The van der Waals surface area contributed by atoms with Crippen molar-refractivity contribution in [1.82, 2.24) is 20.6 Å². The zero-order valence-electron chi connectivity index (χ0n) is 29.0. The number of ether oxygens (including phenoxy) is 2. The summed E-state index contributed by atoms with van der Waals surface area (Å²) in [4.78, 5) is 58.2. The molecule has 2 aromatic carbocycles. The molecule has 4 heterocycles. The van der Waals surface area contributed by atoms with Crippen molar-refractivity contribution in [3.63, 3.8) is 0 Å². The van der Waals surface area contributed by atoms with Gasteiger partial charge in [0.05, 0.1) is 23.6 Å². The summed E-state index contributed by atoms with van der Waals surface area (Å²) < 4.78 is 11.5. The summed E-state index contributed by atoms with van der Waals surface area (Å²) in [6.45, 7) is 2.53. The Kier molecular flexibility index (Phi) is 19.0. The Morgan fingerprint density at radius 1 is 0.604 bits per heavy atom. The van der Waals surface area contributed by atoms with Crippen LogP contribution in [-0.4, -0.2) is 88.6 Å². The van der Waals surface area contributed by atoms with E-state index in [0.29, 0.717) is 26.1 Å². The number of carbonyl (C=O) groups excluding carboxylic acids is 4. The molecule has 284 valence electrons. The number of amides is 4. The quantitative estimate of drug-likeness (QED) is 0.175. The highest BCUT2D eigenvalue weighted by Gasteiger charge is 2.32. The van der Waals surface area contributed by atoms with Crippen LogP contribution in [0.25, 0.3) is 0 Å². The van der Waals surface area contributed by atoms with Crippen LogP contribution >= 0.6 is 48.3 Å². The van der Waals surface area contributed by atoms with Crippen LogP contribution in [0.1, 0.15) is 11.1 Å². The van der Waals surface area contributed by atoms with E-state index < -0.39 is 0 Å². The summed E-state index contributed by atoms with van der Waals surface area (Å²) in [6, 6.07) is 26.8. The number of carbonyl (C=O) groups is 4. The maximum absolute atomic E-state index is 11.6. The van der Waals surface area contributed by atoms with E-state index in [1.54, 1.807) is 12.4 Å². The van der Waals surface area contributed by atoms with Gasteiger partial charge >= 0.3 is 0 Å². The highest BCUT2D eigenvalue weighted by atomic mass is 35.5. The van der Waals surface area contributed by atoms with Gasteiger partial charge in [-0.15, -0.1) is 24.8 Å². The maximum atomic E-state index is 11.6. The third kappa shape index (κ3) is 14.1. The minimum Gasteiger partial charge on any atom is -0.492 e. The highest BCUT2D eigenvalue weighted by molar-refractivity contribution is 8.15. The fourth-order valence-electron chi connectivity index (χ4n) is 4.92. The van der Waals surface area contributed by atoms with E-state index in [4.69, 9.17) is 9.47 Å². The topological polar surface area (TPSA) is 175 Å². The molecule has 4 aromatic rings. The van der Waals surface area contributed by atoms with Gasteiger partial charge in [0.2, 0.25) is 11.8 Å². The van der Waals surface area contributed by atoms with Gasteiger partial charge in [-0.25, -0.2) is 9.97 Å². The Balaban J connectivity index is 0.000000347. The van der Waals surface area contributed by atoms with Gasteiger partial charge in [0.1, 0.15) is 36.3 Å². The zero-order chi connectivity index (χ0) is 35.3. The normalized spacial score (nSPS) is 15.7. The molecule has 0 bridgehead atoms. The van der Waals surface area contributed by atoms with E-state index in [9.17, 15) is 19.2 Å². The van der Waals surface area contributed by atoms with E-state index >= 15 is 0 Å². The van der Waals surface area contributed by atoms with Gasteiger partial charge < -0.3 is 24.7 Å². The molecule has 0 saturated carbocycles. The van der Waals surface area contributed by atoms with Crippen molar-refractivity contribution in [3.8, 4) is 11.5 Å². The molecule has 53 heavy (non-hydrogen) atoms. The van der Waals surface area contributed by atoms with Crippen LogP contribution < -0.4 is 29.9 Å². The van der Waals surface area contributed by atoms with Crippen LogP contribution in [0.2, 0.25) is 0 Å². The van der Waals surface area contributed by atoms with Gasteiger partial charge in [0.25, 0.3) is 10.5 Å². The summed E-state index contributed by atoms with van der Waals surface area (Å²) in [5.41, 5.74) is 2.00. The van der Waals surface area contributed by atoms with E-state index in [0.717, 1.165) is 70.9 Å². The minimum atomic E-state index is -0.341. The number of nitrogens with zero attached hydrogens (tertiary/aromatic N) is 4. The van der Waals surface area contributed by atoms with Crippen LogP contribution in [0.15, 0.2) is 97.3 Å². The molecule has 6 rings (SSSR count). The molecular weight excluding hydrogens is 763 g/mol. The molecular formula is C36H42Cl2N6O7S2. The summed E-state index contributed by atoms with van der Waals surface area (Å²) in [7, 11) is 3.95. The van der Waals surface area contributed by atoms with Crippen molar-refractivity contribution in [2.75, 3.05) is 50.2 Å². The molecule has 2 atom stereocenters. The number of hydrogen-bond acceptors (Lipinski definition) is 12. The number of hydrogen-bond donors (Lipinski definition) is 2. The fourth-order valence-corrected chi connectivity index (χ4v) is 6.64. The Morgan fingerprint density at radius 2 is 0.981 bits per heavy atom. The Hall–Kier alpha value is -4.54. The van der Waals surface area contributed by atoms with Crippen LogP contribution in [0, 0.1) is 0 Å². The first-order chi connectivity index (χ1) is 24.2. The number of likely N-dealkylation sites (N-methyl/N-ethyl adjacent to an activating group) is 2. The number of nitrogens with one attached hydrogen (secondary N) is 2. The van der Waals surface area contributed by atoms with Crippen LogP contribution in [0.5, 0.6) is 11.5 Å². The molecule has 2 aromatic heterocycles. The second-order valence-corrected chi connectivity index (χ2v) is 13.7. The summed E-state index contributed by atoms with van der Waals surface area (Å²) in [6.07, 6.45) is 4.60. The van der Waals surface area contributed by atoms with E-state index in [1.807, 2.05) is 109 Å². The Labute approximate surface area is 329 Å². The Bertz CT molecular complexity index is 1620. The monoisotopic (exact) mass is 804 g/mol. The van der Waals surface area contributed by atoms with Gasteiger partial charge in [0.15, 0.2) is 0 Å². The van der Waals surface area contributed by atoms with Gasteiger partial charge in [-0.1, -0.05) is 59.9 Å². The van der Waals surface area contributed by atoms with Crippen molar-refractivity contribution in [2.45, 2.75) is 23.3 Å². The number of imide groups is 2. The van der Waals surface area contributed by atoms with E-state index in [-0.39, 0.29) is 63.1 Å². The lowest BCUT2D eigenvalue weighted by Gasteiger charge is -2.18. The smallest absolute Gasteiger partial charge is 0.286 e. The number of anilines is 2. The first-order valence-electron chi connectivity index (χ1n) is 15.9. The second-order valence-electron chi connectivity index (χ2n) is 11.4. The second kappa shape index (κ2) is 22.5. The number of aromatic nitrogens is 2. The standard InChI is InChI=1S/2C18H19N3O3S.2ClH.H2O/c2*1-21(16-4-2-3-9-19-16)10-11-24-14-7-5-13(6-8-14)12-15-17(22)20-18(23)25-15;;;/h2*2-9,15H,10-12H2,1H3,(H,20,22,23);2*1H;1H2. The van der Waals surface area contributed by atoms with Crippen LogP contribution in [-0.2, 0) is 22.4 Å². The predicted molar refractivity (Wildman–Crippen MR) is 214 cm³/mol. The predicted octanol–water partition coefficient (Wildman–Crippen LogP) is 5.00. The first-order valence-corrected chi connectivity index (χ1v) is 17.7. The van der Waals surface area contributed by atoms with Crippen molar-refractivity contribution in [2.24, 2.45) is 0 Å². The molecule has 0 radical (unpaired) electrons. The molecule has 2 unspecified atom stereocenters. The van der Waals surface area contributed by atoms with E-state index in [1.165, 1.54) is 0 Å². The van der Waals surface area contributed by atoms with Crippen molar-refractivity contribution in [1.29, 1.82) is 0 Å². The third-order valence-electron chi connectivity index (χ3n) is 7.69. The van der Waals surface area contributed by atoms with Gasteiger partial charge in [-0.3, -0.25) is 29.8 Å².